The van der Waals surface area contributed by atoms with E-state index in [2.05, 4.69) is 4.98 Å². The lowest BCUT2D eigenvalue weighted by molar-refractivity contribution is -0.136. The zero-order chi connectivity index (χ0) is 13.8. The van der Waals surface area contributed by atoms with Gasteiger partial charge in [0, 0.05) is 17.4 Å². The molecule has 4 nitrogen and oxygen atoms in total. The van der Waals surface area contributed by atoms with Gasteiger partial charge in [-0.2, -0.15) is 0 Å². The molecule has 0 bridgehead atoms. The number of hydrogen-bond acceptors (Lipinski definition) is 3. The Balaban J connectivity index is 2.33. The van der Waals surface area contributed by atoms with Gasteiger partial charge in [-0.25, -0.2) is 4.98 Å². The summed E-state index contributed by atoms with van der Waals surface area (Å²) in [6.45, 7) is 4.48. The average Bonchev–Trinajstić information content (AvgIpc) is 2.37. The Morgan fingerprint density at radius 1 is 1.37 bits per heavy atom. The maximum Gasteiger partial charge on any atom is 0.303 e. The van der Waals surface area contributed by atoms with Gasteiger partial charge < -0.3 is 9.84 Å². The summed E-state index contributed by atoms with van der Waals surface area (Å²) < 4.78 is 5.47. The second kappa shape index (κ2) is 5.69. The molecule has 4 heteroatoms. The molecule has 0 spiro atoms. The van der Waals surface area contributed by atoms with Crippen LogP contribution in [0.15, 0.2) is 24.3 Å². The van der Waals surface area contributed by atoms with E-state index in [0.29, 0.717) is 18.9 Å². The highest BCUT2D eigenvalue weighted by Gasteiger charge is 2.06. The average molecular weight is 259 g/mol. The van der Waals surface area contributed by atoms with Crippen LogP contribution < -0.4 is 4.74 Å². The summed E-state index contributed by atoms with van der Waals surface area (Å²) in [5.74, 6) is -0.116. The zero-order valence-corrected chi connectivity index (χ0v) is 11.1. The molecule has 1 aromatic carbocycles. The Labute approximate surface area is 112 Å². The first-order valence-electron chi connectivity index (χ1n) is 6.35. The van der Waals surface area contributed by atoms with Crippen molar-refractivity contribution in [2.75, 3.05) is 6.61 Å². The minimum Gasteiger partial charge on any atom is -0.481 e. The van der Waals surface area contributed by atoms with E-state index in [9.17, 15) is 4.79 Å². The predicted molar refractivity (Wildman–Crippen MR) is 73.6 cm³/mol. The Morgan fingerprint density at radius 3 is 2.84 bits per heavy atom. The molecule has 0 aliphatic carbocycles. The van der Waals surface area contributed by atoms with Crippen LogP contribution in [-0.4, -0.2) is 22.7 Å². The Kier molecular flexibility index (Phi) is 4.00. The molecule has 0 radical (unpaired) electrons. The van der Waals surface area contributed by atoms with Gasteiger partial charge in [0.15, 0.2) is 0 Å². The largest absolute Gasteiger partial charge is 0.481 e. The van der Waals surface area contributed by atoms with Crippen LogP contribution >= 0.6 is 0 Å². The summed E-state index contributed by atoms with van der Waals surface area (Å²) in [5.41, 5.74) is 2.87. The minimum absolute atomic E-state index is 0.148. The summed E-state index contributed by atoms with van der Waals surface area (Å²) in [6.07, 6.45) is 0.687. The lowest BCUT2D eigenvalue weighted by Crippen LogP contribution is -1.99. The summed E-state index contributed by atoms with van der Waals surface area (Å²) >= 11 is 0. The van der Waals surface area contributed by atoms with Crippen molar-refractivity contribution in [1.82, 2.24) is 4.98 Å². The SMILES string of the molecule is CCOc1nc2ccc(CCC(=O)O)cc2cc1C. The van der Waals surface area contributed by atoms with Gasteiger partial charge in [-0.3, -0.25) is 4.79 Å². The lowest BCUT2D eigenvalue weighted by Gasteiger charge is -2.08. The lowest BCUT2D eigenvalue weighted by atomic mass is 10.1. The van der Waals surface area contributed by atoms with Gasteiger partial charge >= 0.3 is 5.97 Å². The number of aliphatic carboxylic acids is 1. The van der Waals surface area contributed by atoms with Crippen LogP contribution in [0.3, 0.4) is 0 Å². The molecule has 0 saturated heterocycles. The van der Waals surface area contributed by atoms with Gasteiger partial charge in [-0.15, -0.1) is 0 Å². The van der Waals surface area contributed by atoms with Crippen molar-refractivity contribution in [3.63, 3.8) is 0 Å². The molecule has 0 atom stereocenters. The Morgan fingerprint density at radius 2 is 2.16 bits per heavy atom. The third-order valence-electron chi connectivity index (χ3n) is 2.93. The quantitative estimate of drug-likeness (QED) is 0.896. The molecular formula is C15H17NO3. The standard InChI is InChI=1S/C15H17NO3/c1-3-19-15-10(2)8-12-9-11(5-7-14(17)18)4-6-13(12)16-15/h4,6,8-9H,3,5,7H2,1-2H3,(H,17,18). The van der Waals surface area contributed by atoms with Gasteiger partial charge in [0.05, 0.1) is 12.1 Å². The van der Waals surface area contributed by atoms with E-state index in [1.54, 1.807) is 0 Å². The highest BCUT2D eigenvalue weighted by molar-refractivity contribution is 5.81. The van der Waals surface area contributed by atoms with Crippen molar-refractivity contribution in [2.45, 2.75) is 26.7 Å². The maximum absolute atomic E-state index is 10.6. The molecule has 0 unspecified atom stereocenters. The number of nitrogens with zero attached hydrogens (tertiary/aromatic N) is 1. The molecule has 0 aliphatic heterocycles. The summed E-state index contributed by atoms with van der Waals surface area (Å²) in [4.78, 5) is 15.0. The molecule has 0 fully saturated rings. The maximum atomic E-state index is 10.6. The number of aromatic nitrogens is 1. The fourth-order valence-corrected chi connectivity index (χ4v) is 2.00. The number of ether oxygens (including phenoxy) is 1. The van der Waals surface area contributed by atoms with Crippen LogP contribution in [-0.2, 0) is 11.2 Å². The first-order valence-corrected chi connectivity index (χ1v) is 6.35. The van der Waals surface area contributed by atoms with Crippen LogP contribution in [0.5, 0.6) is 5.88 Å². The number of fused-ring (bicyclic) bond motifs is 1. The molecule has 0 amide bonds. The fourth-order valence-electron chi connectivity index (χ4n) is 2.00. The highest BCUT2D eigenvalue weighted by Crippen LogP contribution is 2.23. The molecule has 19 heavy (non-hydrogen) atoms. The molecule has 0 saturated carbocycles. The molecule has 1 aromatic heterocycles. The van der Waals surface area contributed by atoms with E-state index in [0.717, 1.165) is 22.0 Å². The molecule has 1 N–H and O–H groups in total. The Bertz CT molecular complexity index is 608. The third kappa shape index (κ3) is 3.22. The summed E-state index contributed by atoms with van der Waals surface area (Å²) in [6, 6.07) is 7.85. The normalized spacial score (nSPS) is 10.6. The van der Waals surface area contributed by atoms with Crippen LogP contribution in [0.25, 0.3) is 10.9 Å². The van der Waals surface area contributed by atoms with Crippen molar-refractivity contribution >= 4 is 16.9 Å². The molecule has 100 valence electrons. The van der Waals surface area contributed by atoms with Gasteiger partial charge in [-0.05, 0) is 44.0 Å². The van der Waals surface area contributed by atoms with Crippen molar-refractivity contribution < 1.29 is 14.6 Å². The number of hydrogen-bond donors (Lipinski definition) is 1. The third-order valence-corrected chi connectivity index (χ3v) is 2.93. The van der Waals surface area contributed by atoms with Crippen LogP contribution in [0.1, 0.15) is 24.5 Å². The molecule has 2 rings (SSSR count). The number of carboxylic acid groups (broad SMARTS) is 1. The molecular weight excluding hydrogens is 242 g/mol. The smallest absolute Gasteiger partial charge is 0.303 e. The first kappa shape index (κ1) is 13.3. The fraction of sp³-hybridized carbons (Fsp3) is 0.333. The van der Waals surface area contributed by atoms with Gasteiger partial charge in [0.25, 0.3) is 0 Å². The van der Waals surface area contributed by atoms with Crippen molar-refractivity contribution in [3.05, 3.63) is 35.4 Å². The Hall–Kier alpha value is -2.10. The number of benzene rings is 1. The summed E-state index contributed by atoms with van der Waals surface area (Å²) in [7, 11) is 0. The second-order valence-electron chi connectivity index (χ2n) is 4.46. The topological polar surface area (TPSA) is 59.4 Å². The second-order valence-corrected chi connectivity index (χ2v) is 4.46. The van der Waals surface area contributed by atoms with E-state index in [-0.39, 0.29) is 6.42 Å². The van der Waals surface area contributed by atoms with Gasteiger partial charge in [0.1, 0.15) is 0 Å². The van der Waals surface area contributed by atoms with E-state index in [1.807, 2.05) is 38.1 Å². The number of carbonyl (C=O) groups is 1. The van der Waals surface area contributed by atoms with Crippen LogP contribution in [0, 0.1) is 6.92 Å². The zero-order valence-electron chi connectivity index (χ0n) is 11.1. The molecule has 1 heterocycles. The number of aryl methyl sites for hydroxylation is 2. The van der Waals surface area contributed by atoms with E-state index < -0.39 is 5.97 Å². The van der Waals surface area contributed by atoms with Crippen molar-refractivity contribution in [3.8, 4) is 5.88 Å². The highest BCUT2D eigenvalue weighted by atomic mass is 16.5. The predicted octanol–water partition coefficient (Wildman–Crippen LogP) is 2.96. The van der Waals surface area contributed by atoms with Gasteiger partial charge in [0.2, 0.25) is 5.88 Å². The van der Waals surface area contributed by atoms with E-state index in [1.165, 1.54) is 0 Å². The van der Waals surface area contributed by atoms with E-state index >= 15 is 0 Å². The minimum atomic E-state index is -0.777. The number of carboxylic acids is 1. The van der Waals surface area contributed by atoms with Crippen molar-refractivity contribution in [1.29, 1.82) is 0 Å². The van der Waals surface area contributed by atoms with Gasteiger partial charge in [-0.1, -0.05) is 6.07 Å². The molecule has 0 aliphatic rings. The summed E-state index contributed by atoms with van der Waals surface area (Å²) in [5, 5.41) is 9.72. The monoisotopic (exact) mass is 259 g/mol. The molecule has 2 aromatic rings. The van der Waals surface area contributed by atoms with Crippen molar-refractivity contribution in [2.24, 2.45) is 0 Å². The number of pyridine rings is 1. The first-order chi connectivity index (χ1) is 9.10. The van der Waals surface area contributed by atoms with E-state index in [4.69, 9.17) is 9.84 Å². The van der Waals surface area contributed by atoms with Crippen LogP contribution in [0.2, 0.25) is 0 Å². The van der Waals surface area contributed by atoms with Crippen LogP contribution in [0.4, 0.5) is 0 Å². The number of rotatable bonds is 5.